The Balaban J connectivity index is 1.25. The summed E-state index contributed by atoms with van der Waals surface area (Å²) in [6.07, 6.45) is 4.80. The number of hydrogen-bond donors (Lipinski definition) is 1. The number of amides is 1. The number of thioether (sulfide) groups is 1. The number of hydrogen-bond acceptors (Lipinski definition) is 6. The molecule has 5 rings (SSSR count). The van der Waals surface area contributed by atoms with E-state index in [-0.39, 0.29) is 5.91 Å². The van der Waals surface area contributed by atoms with Gasteiger partial charge in [-0.2, -0.15) is 4.52 Å². The molecule has 8 heteroatoms. The van der Waals surface area contributed by atoms with Crippen LogP contribution in [0, 0.1) is 6.92 Å². The molecule has 28 heavy (non-hydrogen) atoms. The summed E-state index contributed by atoms with van der Waals surface area (Å²) in [6, 6.07) is 9.02. The molecule has 0 atom stereocenters. The lowest BCUT2D eigenvalue weighted by molar-refractivity contribution is -0.119. The molecule has 1 aliphatic heterocycles. The average Bonchev–Trinajstić information content (AvgIpc) is 3.47. The first kappa shape index (κ1) is 17.9. The fourth-order valence-corrected chi connectivity index (χ4v) is 4.73. The molecule has 2 fully saturated rings. The minimum Gasteiger partial charge on any atom is -0.353 e. The summed E-state index contributed by atoms with van der Waals surface area (Å²) in [5.41, 5.74) is 1.66. The number of aryl methyl sites for hydroxylation is 1. The van der Waals surface area contributed by atoms with Gasteiger partial charge in [-0.25, -0.2) is 9.97 Å². The predicted octanol–water partition coefficient (Wildman–Crippen LogP) is 2.42. The molecule has 3 heterocycles. The van der Waals surface area contributed by atoms with Crippen LogP contribution in [0.4, 0.5) is 0 Å². The van der Waals surface area contributed by atoms with E-state index in [1.54, 1.807) is 4.52 Å². The second kappa shape index (κ2) is 7.33. The van der Waals surface area contributed by atoms with Gasteiger partial charge in [-0.1, -0.05) is 23.9 Å². The Hall–Kier alpha value is -2.19. The van der Waals surface area contributed by atoms with Crippen molar-refractivity contribution in [1.29, 1.82) is 0 Å². The third kappa shape index (κ3) is 3.58. The standard InChI is InChI=1S/C20H24N6OS/c1-13-21-19-16-4-2-3-5-17(16)23-20(26(19)24-13)28-12-18(27)22-14-8-10-25(11-9-14)15-6-7-15/h2-5,14-15H,6-12H2,1H3,(H,22,27). The van der Waals surface area contributed by atoms with Gasteiger partial charge in [-0.3, -0.25) is 4.79 Å². The smallest absolute Gasteiger partial charge is 0.230 e. The van der Waals surface area contributed by atoms with Gasteiger partial charge in [0.15, 0.2) is 10.8 Å². The Morgan fingerprint density at radius 3 is 2.75 bits per heavy atom. The minimum atomic E-state index is 0.0646. The molecular formula is C20H24N6OS. The highest BCUT2D eigenvalue weighted by Crippen LogP contribution is 2.29. The molecule has 2 aromatic heterocycles. The molecule has 2 aliphatic rings. The molecule has 1 amide bonds. The van der Waals surface area contributed by atoms with Crippen LogP contribution in [-0.4, -0.2) is 61.3 Å². The molecule has 1 saturated heterocycles. The number of benzene rings is 1. The Morgan fingerprint density at radius 1 is 1.18 bits per heavy atom. The van der Waals surface area contributed by atoms with Gasteiger partial charge in [0, 0.05) is 30.6 Å². The number of nitrogens with one attached hydrogen (secondary N) is 1. The zero-order chi connectivity index (χ0) is 19.1. The summed E-state index contributed by atoms with van der Waals surface area (Å²) in [5, 5.41) is 9.35. The molecule has 0 radical (unpaired) electrons. The van der Waals surface area contributed by atoms with Crippen molar-refractivity contribution in [3.8, 4) is 0 Å². The average molecular weight is 397 g/mol. The van der Waals surface area contributed by atoms with E-state index in [1.807, 2.05) is 31.2 Å². The fraction of sp³-hybridized carbons (Fsp3) is 0.500. The molecule has 0 unspecified atom stereocenters. The minimum absolute atomic E-state index is 0.0646. The molecule has 146 valence electrons. The molecule has 1 saturated carbocycles. The van der Waals surface area contributed by atoms with Crippen LogP contribution in [0.3, 0.4) is 0 Å². The summed E-state index contributed by atoms with van der Waals surface area (Å²) in [6.45, 7) is 4.08. The van der Waals surface area contributed by atoms with Crippen LogP contribution >= 0.6 is 11.8 Å². The Morgan fingerprint density at radius 2 is 1.96 bits per heavy atom. The number of rotatable bonds is 5. The lowest BCUT2D eigenvalue weighted by Crippen LogP contribution is -2.45. The first-order valence-corrected chi connectivity index (χ1v) is 10.9. The molecular weight excluding hydrogens is 372 g/mol. The van der Waals surface area contributed by atoms with Gasteiger partial charge in [0.05, 0.1) is 11.3 Å². The first-order chi connectivity index (χ1) is 13.7. The molecule has 7 nitrogen and oxygen atoms in total. The van der Waals surface area contributed by atoms with Crippen LogP contribution in [0.1, 0.15) is 31.5 Å². The summed E-state index contributed by atoms with van der Waals surface area (Å²) in [4.78, 5) is 24.3. The molecule has 1 aromatic carbocycles. The number of nitrogens with zero attached hydrogens (tertiary/aromatic N) is 5. The van der Waals surface area contributed by atoms with E-state index in [0.717, 1.165) is 48.5 Å². The van der Waals surface area contributed by atoms with Gasteiger partial charge < -0.3 is 10.2 Å². The summed E-state index contributed by atoms with van der Waals surface area (Å²) >= 11 is 1.42. The largest absolute Gasteiger partial charge is 0.353 e. The summed E-state index contributed by atoms with van der Waals surface area (Å²) < 4.78 is 1.75. The Kier molecular flexibility index (Phi) is 4.68. The maximum atomic E-state index is 12.5. The molecule has 1 N–H and O–H groups in total. The highest BCUT2D eigenvalue weighted by Gasteiger charge is 2.32. The molecule has 0 bridgehead atoms. The van der Waals surface area contributed by atoms with Crippen molar-refractivity contribution in [2.45, 2.75) is 49.8 Å². The number of para-hydroxylation sites is 1. The molecule has 3 aromatic rings. The Labute approximate surface area is 167 Å². The summed E-state index contributed by atoms with van der Waals surface area (Å²) in [7, 11) is 0. The maximum absolute atomic E-state index is 12.5. The number of carbonyl (C=O) groups is 1. The highest BCUT2D eigenvalue weighted by molar-refractivity contribution is 7.99. The Bertz CT molecular complexity index is 1020. The van der Waals surface area contributed by atoms with Crippen LogP contribution in [0.5, 0.6) is 0 Å². The summed E-state index contributed by atoms with van der Waals surface area (Å²) in [5.74, 6) is 1.10. The second-order valence-electron chi connectivity index (χ2n) is 7.70. The highest BCUT2D eigenvalue weighted by atomic mass is 32.2. The van der Waals surface area contributed by atoms with Gasteiger partial charge in [0.1, 0.15) is 5.82 Å². The van der Waals surface area contributed by atoms with Gasteiger partial charge in [0.2, 0.25) is 5.91 Å². The van der Waals surface area contributed by atoms with Crippen molar-refractivity contribution in [1.82, 2.24) is 29.8 Å². The van der Waals surface area contributed by atoms with E-state index >= 15 is 0 Å². The zero-order valence-electron chi connectivity index (χ0n) is 16.0. The number of fused-ring (bicyclic) bond motifs is 3. The van der Waals surface area contributed by atoms with E-state index in [2.05, 4.69) is 20.3 Å². The quantitative estimate of drug-likeness (QED) is 0.527. The number of carbonyl (C=O) groups excluding carboxylic acids is 1. The van der Waals surface area contributed by atoms with Crippen LogP contribution in [0.25, 0.3) is 16.6 Å². The van der Waals surface area contributed by atoms with Gasteiger partial charge in [-0.05, 0) is 44.7 Å². The van der Waals surface area contributed by atoms with Crippen molar-refractivity contribution < 1.29 is 4.79 Å². The van der Waals surface area contributed by atoms with Crippen molar-refractivity contribution in [2.75, 3.05) is 18.8 Å². The van der Waals surface area contributed by atoms with Crippen molar-refractivity contribution in [3.05, 3.63) is 30.1 Å². The van der Waals surface area contributed by atoms with E-state index in [1.165, 1.54) is 24.6 Å². The van der Waals surface area contributed by atoms with Crippen LogP contribution in [0.15, 0.2) is 29.4 Å². The monoisotopic (exact) mass is 396 g/mol. The van der Waals surface area contributed by atoms with E-state index in [0.29, 0.717) is 22.8 Å². The van der Waals surface area contributed by atoms with Gasteiger partial charge in [0.25, 0.3) is 0 Å². The number of likely N-dealkylation sites (tertiary alicyclic amines) is 1. The normalized spacial score (nSPS) is 18.8. The van der Waals surface area contributed by atoms with Crippen LogP contribution in [0.2, 0.25) is 0 Å². The fourth-order valence-electron chi connectivity index (χ4n) is 3.97. The third-order valence-electron chi connectivity index (χ3n) is 5.55. The van der Waals surface area contributed by atoms with Crippen molar-refractivity contribution >= 4 is 34.2 Å². The third-order valence-corrected chi connectivity index (χ3v) is 6.47. The lowest BCUT2D eigenvalue weighted by atomic mass is 10.1. The number of aromatic nitrogens is 4. The lowest BCUT2D eigenvalue weighted by Gasteiger charge is -2.32. The van der Waals surface area contributed by atoms with E-state index in [9.17, 15) is 4.79 Å². The van der Waals surface area contributed by atoms with Crippen LogP contribution in [-0.2, 0) is 4.79 Å². The predicted molar refractivity (Wildman–Crippen MR) is 110 cm³/mol. The second-order valence-corrected chi connectivity index (χ2v) is 8.65. The van der Waals surface area contributed by atoms with E-state index in [4.69, 9.17) is 4.98 Å². The maximum Gasteiger partial charge on any atom is 0.230 e. The molecule has 1 aliphatic carbocycles. The number of piperidine rings is 1. The first-order valence-electron chi connectivity index (χ1n) is 9.96. The topological polar surface area (TPSA) is 75.4 Å². The zero-order valence-corrected chi connectivity index (χ0v) is 16.8. The van der Waals surface area contributed by atoms with Gasteiger partial charge in [-0.15, -0.1) is 5.10 Å². The van der Waals surface area contributed by atoms with Crippen molar-refractivity contribution in [2.24, 2.45) is 0 Å². The molecule has 0 spiro atoms. The van der Waals surface area contributed by atoms with E-state index < -0.39 is 0 Å². The van der Waals surface area contributed by atoms with Gasteiger partial charge >= 0.3 is 0 Å². The van der Waals surface area contributed by atoms with Crippen LogP contribution < -0.4 is 5.32 Å². The van der Waals surface area contributed by atoms with Crippen molar-refractivity contribution in [3.63, 3.8) is 0 Å². The SMILES string of the molecule is Cc1nc2c3ccccc3nc(SCC(=O)NC3CCN(C4CC4)CC3)n2n1.